The SMILES string of the molecule is Cc1cnccc1-c1nc2nccnc2n1Cc1cc(=O)[nH]c2c(F)c(F)ccc12. The van der Waals surface area contributed by atoms with Gasteiger partial charge in [-0.3, -0.25) is 9.78 Å². The van der Waals surface area contributed by atoms with Crippen LogP contribution in [0.1, 0.15) is 11.1 Å². The van der Waals surface area contributed by atoms with Crippen LogP contribution >= 0.6 is 0 Å². The van der Waals surface area contributed by atoms with Gasteiger partial charge in [-0.05, 0) is 36.2 Å². The van der Waals surface area contributed by atoms with Crippen LogP contribution in [0.5, 0.6) is 0 Å². The molecular weight excluding hydrogens is 390 g/mol. The monoisotopic (exact) mass is 404 g/mol. The predicted octanol–water partition coefficient (Wildman–Crippen LogP) is 3.36. The Kier molecular flexibility index (Phi) is 4.09. The van der Waals surface area contributed by atoms with E-state index in [4.69, 9.17) is 0 Å². The van der Waals surface area contributed by atoms with Gasteiger partial charge in [0.2, 0.25) is 5.56 Å². The minimum Gasteiger partial charge on any atom is -0.319 e. The molecule has 0 spiro atoms. The Morgan fingerprint density at radius 1 is 1.10 bits per heavy atom. The summed E-state index contributed by atoms with van der Waals surface area (Å²) in [6, 6.07) is 5.68. The maximum Gasteiger partial charge on any atom is 0.248 e. The minimum absolute atomic E-state index is 0.164. The number of nitrogens with one attached hydrogen (secondary N) is 1. The van der Waals surface area contributed by atoms with E-state index in [-0.39, 0.29) is 12.1 Å². The van der Waals surface area contributed by atoms with Crippen molar-refractivity contribution in [3.63, 3.8) is 0 Å². The van der Waals surface area contributed by atoms with E-state index in [2.05, 4.69) is 24.9 Å². The predicted molar refractivity (Wildman–Crippen MR) is 107 cm³/mol. The quantitative estimate of drug-likeness (QED) is 0.498. The molecule has 0 saturated heterocycles. The van der Waals surface area contributed by atoms with Gasteiger partial charge in [0.05, 0.1) is 12.1 Å². The molecule has 4 aromatic heterocycles. The number of aromatic nitrogens is 6. The summed E-state index contributed by atoms with van der Waals surface area (Å²) in [6.07, 6.45) is 6.48. The summed E-state index contributed by atoms with van der Waals surface area (Å²) in [6.45, 7) is 2.07. The average Bonchev–Trinajstić information content (AvgIpc) is 3.10. The Labute approximate surface area is 168 Å². The Balaban J connectivity index is 1.78. The van der Waals surface area contributed by atoms with Gasteiger partial charge < -0.3 is 9.55 Å². The first-order valence-electron chi connectivity index (χ1n) is 9.11. The van der Waals surface area contributed by atoms with Crippen LogP contribution < -0.4 is 5.56 Å². The lowest BCUT2D eigenvalue weighted by Gasteiger charge is -2.12. The van der Waals surface area contributed by atoms with Crippen molar-refractivity contribution in [2.45, 2.75) is 13.5 Å². The molecule has 9 heteroatoms. The first kappa shape index (κ1) is 18.0. The second-order valence-electron chi connectivity index (χ2n) is 6.86. The molecule has 0 unspecified atom stereocenters. The van der Waals surface area contributed by atoms with Crippen LogP contribution in [0.15, 0.2) is 53.8 Å². The molecule has 4 heterocycles. The molecule has 0 aliphatic carbocycles. The van der Waals surface area contributed by atoms with Gasteiger partial charge in [0, 0.05) is 41.8 Å². The van der Waals surface area contributed by atoms with Gasteiger partial charge in [-0.25, -0.2) is 23.7 Å². The number of pyridine rings is 2. The fourth-order valence-corrected chi connectivity index (χ4v) is 3.57. The van der Waals surface area contributed by atoms with Crippen LogP contribution in [0.3, 0.4) is 0 Å². The summed E-state index contributed by atoms with van der Waals surface area (Å²) in [5.74, 6) is -1.53. The van der Waals surface area contributed by atoms with E-state index in [0.29, 0.717) is 28.1 Å². The van der Waals surface area contributed by atoms with Gasteiger partial charge in [0.1, 0.15) is 5.82 Å². The average molecular weight is 404 g/mol. The lowest BCUT2D eigenvalue weighted by Crippen LogP contribution is -2.12. The van der Waals surface area contributed by atoms with Crippen LogP contribution in [0.25, 0.3) is 33.6 Å². The van der Waals surface area contributed by atoms with Crippen molar-refractivity contribution in [3.8, 4) is 11.4 Å². The zero-order chi connectivity index (χ0) is 20.8. The number of nitrogens with zero attached hydrogens (tertiary/aromatic N) is 5. The van der Waals surface area contributed by atoms with Gasteiger partial charge in [0.15, 0.2) is 22.9 Å². The molecule has 0 bridgehead atoms. The van der Waals surface area contributed by atoms with E-state index in [0.717, 1.165) is 17.2 Å². The number of fused-ring (bicyclic) bond motifs is 2. The standard InChI is InChI=1S/C21H14F2N6O/c1-11-9-24-5-4-13(11)20-28-19-21(26-7-6-25-19)29(20)10-12-8-16(30)27-18-14(12)2-3-15(22)17(18)23/h2-9H,10H2,1H3,(H,27,30). The van der Waals surface area contributed by atoms with Gasteiger partial charge in [-0.15, -0.1) is 0 Å². The molecule has 0 fully saturated rings. The molecule has 0 aliphatic heterocycles. The zero-order valence-electron chi connectivity index (χ0n) is 15.7. The summed E-state index contributed by atoms with van der Waals surface area (Å²) in [7, 11) is 0. The molecule has 0 aliphatic rings. The zero-order valence-corrected chi connectivity index (χ0v) is 15.7. The van der Waals surface area contributed by atoms with Crippen molar-refractivity contribution in [1.82, 2.24) is 29.5 Å². The number of aryl methyl sites for hydroxylation is 1. The summed E-state index contributed by atoms with van der Waals surface area (Å²) in [4.78, 5) is 31.9. The largest absolute Gasteiger partial charge is 0.319 e. The topological polar surface area (TPSA) is 89.3 Å². The lowest BCUT2D eigenvalue weighted by atomic mass is 10.1. The number of H-pyrrole nitrogens is 1. The van der Waals surface area contributed by atoms with Crippen molar-refractivity contribution in [2.75, 3.05) is 0 Å². The molecule has 0 atom stereocenters. The van der Waals surface area contributed by atoms with E-state index < -0.39 is 17.2 Å². The van der Waals surface area contributed by atoms with E-state index in [1.54, 1.807) is 29.4 Å². The second kappa shape index (κ2) is 6.80. The summed E-state index contributed by atoms with van der Waals surface area (Å²) in [5.41, 5.74) is 2.49. The molecular formula is C21H14F2N6O. The Bertz CT molecular complexity index is 1490. The number of hydrogen-bond acceptors (Lipinski definition) is 5. The third kappa shape index (κ3) is 2.83. The summed E-state index contributed by atoms with van der Waals surface area (Å²) >= 11 is 0. The lowest BCUT2D eigenvalue weighted by molar-refractivity contribution is 0.515. The Hall–Kier alpha value is -4.01. The molecule has 0 saturated carbocycles. The number of hydrogen-bond donors (Lipinski definition) is 1. The van der Waals surface area contributed by atoms with Crippen molar-refractivity contribution in [3.05, 3.63) is 82.2 Å². The molecule has 1 aromatic carbocycles. The Morgan fingerprint density at radius 3 is 2.77 bits per heavy atom. The second-order valence-corrected chi connectivity index (χ2v) is 6.86. The van der Waals surface area contributed by atoms with E-state index in [1.807, 2.05) is 13.0 Å². The minimum atomic E-state index is -1.09. The molecule has 7 nitrogen and oxygen atoms in total. The van der Waals surface area contributed by atoms with Crippen LogP contribution in [-0.2, 0) is 6.54 Å². The highest BCUT2D eigenvalue weighted by molar-refractivity contribution is 5.83. The number of halogens is 2. The highest BCUT2D eigenvalue weighted by Crippen LogP contribution is 2.28. The molecule has 30 heavy (non-hydrogen) atoms. The Morgan fingerprint density at radius 2 is 1.93 bits per heavy atom. The van der Waals surface area contributed by atoms with Gasteiger partial charge in [0.25, 0.3) is 0 Å². The normalized spacial score (nSPS) is 11.4. The van der Waals surface area contributed by atoms with Crippen LogP contribution in [0.4, 0.5) is 8.78 Å². The van der Waals surface area contributed by atoms with Crippen molar-refractivity contribution in [2.24, 2.45) is 0 Å². The maximum atomic E-state index is 14.3. The van der Waals surface area contributed by atoms with Gasteiger partial charge in [-0.2, -0.15) is 0 Å². The molecule has 0 radical (unpaired) electrons. The van der Waals surface area contributed by atoms with E-state index >= 15 is 0 Å². The number of benzene rings is 1. The maximum absolute atomic E-state index is 14.3. The van der Waals surface area contributed by atoms with Crippen molar-refractivity contribution >= 4 is 22.2 Å². The number of imidazole rings is 1. The molecule has 5 aromatic rings. The molecule has 5 rings (SSSR count). The van der Waals surface area contributed by atoms with Crippen LogP contribution in [-0.4, -0.2) is 29.5 Å². The van der Waals surface area contributed by atoms with Gasteiger partial charge in [-0.1, -0.05) is 0 Å². The molecule has 1 N–H and O–H groups in total. The first-order valence-corrected chi connectivity index (χ1v) is 9.11. The third-order valence-corrected chi connectivity index (χ3v) is 4.97. The molecule has 0 amide bonds. The smallest absolute Gasteiger partial charge is 0.248 e. The van der Waals surface area contributed by atoms with Crippen LogP contribution in [0, 0.1) is 18.6 Å². The highest BCUT2D eigenvalue weighted by Gasteiger charge is 2.18. The van der Waals surface area contributed by atoms with Crippen molar-refractivity contribution in [1.29, 1.82) is 0 Å². The number of aromatic amines is 1. The summed E-state index contributed by atoms with van der Waals surface area (Å²) < 4.78 is 29.8. The van der Waals surface area contributed by atoms with Crippen LogP contribution in [0.2, 0.25) is 0 Å². The van der Waals surface area contributed by atoms with E-state index in [1.165, 1.54) is 12.1 Å². The summed E-state index contributed by atoms with van der Waals surface area (Å²) in [5, 5.41) is 0.400. The fraction of sp³-hybridized carbons (Fsp3) is 0.0952. The van der Waals surface area contributed by atoms with E-state index in [9.17, 15) is 13.6 Å². The van der Waals surface area contributed by atoms with Gasteiger partial charge >= 0.3 is 0 Å². The molecule has 148 valence electrons. The van der Waals surface area contributed by atoms with Crippen molar-refractivity contribution < 1.29 is 8.78 Å². The fourth-order valence-electron chi connectivity index (χ4n) is 3.57. The number of rotatable bonds is 3. The highest BCUT2D eigenvalue weighted by atomic mass is 19.2. The first-order chi connectivity index (χ1) is 14.5. The third-order valence-electron chi connectivity index (χ3n) is 4.97.